The zero-order chi connectivity index (χ0) is 9.76. The molecule has 0 bridgehead atoms. The number of hydrogen-bond acceptors (Lipinski definition) is 5. The van der Waals surface area contributed by atoms with Crippen LogP contribution in [-0.2, 0) is 0 Å². The highest BCUT2D eigenvalue weighted by molar-refractivity contribution is 5.54. The van der Waals surface area contributed by atoms with Gasteiger partial charge in [0, 0.05) is 18.0 Å². The summed E-state index contributed by atoms with van der Waals surface area (Å²) in [6, 6.07) is 2.07. The van der Waals surface area contributed by atoms with Crippen LogP contribution in [0.25, 0.3) is 0 Å². The van der Waals surface area contributed by atoms with Gasteiger partial charge in [0.1, 0.15) is 23.8 Å². The zero-order valence-corrected chi connectivity index (χ0v) is 7.49. The first kappa shape index (κ1) is 7.71. The number of nitrogens with two attached hydrogens (primary N) is 1. The maximum absolute atomic E-state index is 8.94. The van der Waals surface area contributed by atoms with Gasteiger partial charge >= 0.3 is 0 Å². The van der Waals surface area contributed by atoms with Crippen LogP contribution in [0.15, 0.2) is 6.33 Å². The molecule has 1 aromatic rings. The van der Waals surface area contributed by atoms with Gasteiger partial charge in [-0.2, -0.15) is 5.26 Å². The highest BCUT2D eigenvalue weighted by atomic mass is 15.2. The molecule has 2 aliphatic rings. The van der Waals surface area contributed by atoms with Gasteiger partial charge in [-0.1, -0.05) is 0 Å². The molecule has 0 radical (unpaired) electrons. The van der Waals surface area contributed by atoms with Crippen LogP contribution in [0.4, 0.5) is 5.82 Å². The molecule has 2 heterocycles. The first-order chi connectivity index (χ1) is 6.77. The van der Waals surface area contributed by atoms with Crippen molar-refractivity contribution in [1.82, 2.24) is 15.3 Å². The Labute approximate surface area is 81.0 Å². The molecule has 1 spiro atoms. The molecular formula is C9H9N5. The predicted molar refractivity (Wildman–Crippen MR) is 49.3 cm³/mol. The smallest absolute Gasteiger partial charge is 0.145 e. The fourth-order valence-electron chi connectivity index (χ4n) is 1.96. The van der Waals surface area contributed by atoms with Crippen LogP contribution < -0.4 is 11.1 Å². The van der Waals surface area contributed by atoms with Crippen LogP contribution >= 0.6 is 0 Å². The summed E-state index contributed by atoms with van der Waals surface area (Å²) in [5.41, 5.74) is 7.13. The van der Waals surface area contributed by atoms with E-state index in [2.05, 4.69) is 21.4 Å². The van der Waals surface area contributed by atoms with Crippen molar-refractivity contribution in [1.29, 1.82) is 5.26 Å². The van der Waals surface area contributed by atoms with Crippen LogP contribution in [0.3, 0.4) is 0 Å². The Kier molecular flexibility index (Phi) is 1.22. The lowest BCUT2D eigenvalue weighted by molar-refractivity contribution is 0.902. The minimum absolute atomic E-state index is 0.256. The Morgan fingerprint density at radius 1 is 1.64 bits per heavy atom. The molecule has 0 aromatic carbocycles. The standard InChI is InChI=1S/C9H9N5/c10-2-5-7(12-4-13-8(5)11)6-1-9(6)3-14-9/h4,6,14H,1,3H2,(H2,11,12,13). The van der Waals surface area contributed by atoms with Gasteiger partial charge in [-0.05, 0) is 6.42 Å². The number of anilines is 1. The fraction of sp³-hybridized carbons (Fsp3) is 0.444. The Hall–Kier alpha value is -1.67. The Bertz CT molecular complexity index is 443. The van der Waals surface area contributed by atoms with Gasteiger partial charge in [-0.25, -0.2) is 9.97 Å². The number of nitrogens with one attached hydrogen (secondary N) is 1. The van der Waals surface area contributed by atoms with Crippen molar-refractivity contribution in [2.24, 2.45) is 0 Å². The Morgan fingerprint density at radius 2 is 2.43 bits per heavy atom. The average molecular weight is 187 g/mol. The van der Waals surface area contributed by atoms with E-state index in [-0.39, 0.29) is 5.54 Å². The molecule has 2 fully saturated rings. The monoisotopic (exact) mass is 187 g/mol. The minimum Gasteiger partial charge on any atom is -0.382 e. The van der Waals surface area contributed by atoms with Gasteiger partial charge in [0.2, 0.25) is 0 Å². The number of nitrogens with zero attached hydrogens (tertiary/aromatic N) is 3. The molecule has 0 amide bonds. The molecule has 3 rings (SSSR count). The highest BCUT2D eigenvalue weighted by Crippen LogP contribution is 2.57. The summed E-state index contributed by atoms with van der Waals surface area (Å²) in [5.74, 6) is 0.655. The Balaban J connectivity index is 2.06. The second kappa shape index (κ2) is 2.22. The van der Waals surface area contributed by atoms with E-state index in [1.54, 1.807) is 0 Å². The molecule has 1 aliphatic heterocycles. The summed E-state index contributed by atoms with van der Waals surface area (Å²) in [7, 11) is 0. The highest BCUT2D eigenvalue weighted by Gasteiger charge is 2.64. The summed E-state index contributed by atoms with van der Waals surface area (Å²) >= 11 is 0. The van der Waals surface area contributed by atoms with Crippen LogP contribution in [-0.4, -0.2) is 22.1 Å². The van der Waals surface area contributed by atoms with Crippen LogP contribution in [0, 0.1) is 11.3 Å². The summed E-state index contributed by atoms with van der Waals surface area (Å²) < 4.78 is 0. The summed E-state index contributed by atoms with van der Waals surface area (Å²) in [6.07, 6.45) is 2.50. The largest absolute Gasteiger partial charge is 0.382 e. The lowest BCUT2D eigenvalue weighted by atomic mass is 10.1. The van der Waals surface area contributed by atoms with E-state index in [0.717, 1.165) is 18.7 Å². The molecule has 1 aromatic heterocycles. The molecule has 5 nitrogen and oxygen atoms in total. The van der Waals surface area contributed by atoms with Gasteiger partial charge in [-0.3, -0.25) is 0 Å². The first-order valence-electron chi connectivity index (χ1n) is 4.52. The van der Waals surface area contributed by atoms with E-state index >= 15 is 0 Å². The van der Waals surface area contributed by atoms with Crippen LogP contribution in [0.5, 0.6) is 0 Å². The van der Waals surface area contributed by atoms with Crippen molar-refractivity contribution in [3.05, 3.63) is 17.6 Å². The maximum Gasteiger partial charge on any atom is 0.145 e. The van der Waals surface area contributed by atoms with E-state index in [0.29, 0.717) is 17.3 Å². The van der Waals surface area contributed by atoms with Gasteiger partial charge in [0.05, 0.1) is 5.69 Å². The molecule has 70 valence electrons. The number of nitrogen functional groups attached to an aromatic ring is 1. The molecule has 1 aliphatic carbocycles. The molecule has 3 N–H and O–H groups in total. The fourth-order valence-corrected chi connectivity index (χ4v) is 1.96. The summed E-state index contributed by atoms with van der Waals surface area (Å²) in [5, 5.41) is 12.2. The second-order valence-corrected chi connectivity index (χ2v) is 3.90. The van der Waals surface area contributed by atoms with E-state index in [9.17, 15) is 0 Å². The van der Waals surface area contributed by atoms with Crippen molar-refractivity contribution in [3.63, 3.8) is 0 Å². The second-order valence-electron chi connectivity index (χ2n) is 3.90. The normalized spacial score (nSPS) is 32.6. The summed E-state index contributed by atoms with van der Waals surface area (Å²) in [4.78, 5) is 7.97. The summed E-state index contributed by atoms with van der Waals surface area (Å²) in [6.45, 7) is 1.03. The number of rotatable bonds is 1. The first-order valence-corrected chi connectivity index (χ1v) is 4.52. The molecule has 2 atom stereocenters. The third-order valence-corrected chi connectivity index (χ3v) is 3.05. The quantitative estimate of drug-likeness (QED) is 0.591. The Morgan fingerprint density at radius 3 is 3.00 bits per heavy atom. The van der Waals surface area contributed by atoms with Crippen molar-refractivity contribution >= 4 is 5.82 Å². The third kappa shape index (κ3) is 0.860. The van der Waals surface area contributed by atoms with E-state index in [4.69, 9.17) is 11.0 Å². The van der Waals surface area contributed by atoms with E-state index < -0.39 is 0 Å². The van der Waals surface area contributed by atoms with E-state index in [1.165, 1.54) is 6.33 Å². The van der Waals surface area contributed by atoms with Crippen LogP contribution in [0.2, 0.25) is 0 Å². The van der Waals surface area contributed by atoms with E-state index in [1.807, 2.05) is 0 Å². The number of nitriles is 1. The van der Waals surface area contributed by atoms with Crippen LogP contribution in [0.1, 0.15) is 23.6 Å². The van der Waals surface area contributed by atoms with Crippen molar-refractivity contribution in [2.45, 2.75) is 17.9 Å². The molecule has 1 saturated heterocycles. The maximum atomic E-state index is 8.94. The number of aromatic nitrogens is 2. The zero-order valence-electron chi connectivity index (χ0n) is 7.49. The topological polar surface area (TPSA) is 97.5 Å². The van der Waals surface area contributed by atoms with Gasteiger partial charge < -0.3 is 11.1 Å². The average Bonchev–Trinajstić information content (AvgIpc) is 3.08. The molecule has 2 unspecified atom stereocenters. The SMILES string of the molecule is N#Cc1c(N)ncnc1C1CC12CN2. The lowest BCUT2D eigenvalue weighted by Gasteiger charge is -2.02. The molecule has 14 heavy (non-hydrogen) atoms. The van der Waals surface area contributed by atoms with Gasteiger partial charge in [0.15, 0.2) is 0 Å². The van der Waals surface area contributed by atoms with Gasteiger partial charge in [-0.15, -0.1) is 0 Å². The van der Waals surface area contributed by atoms with Crippen molar-refractivity contribution < 1.29 is 0 Å². The number of hydrogen-bond donors (Lipinski definition) is 2. The predicted octanol–water partition coefficient (Wildman–Crippen LogP) is -0.240. The molecular weight excluding hydrogens is 178 g/mol. The van der Waals surface area contributed by atoms with Crippen molar-refractivity contribution in [3.8, 4) is 6.07 Å². The molecule has 1 saturated carbocycles. The lowest BCUT2D eigenvalue weighted by Crippen LogP contribution is -2.04. The van der Waals surface area contributed by atoms with Gasteiger partial charge in [0.25, 0.3) is 0 Å². The minimum atomic E-state index is 0.256. The third-order valence-electron chi connectivity index (χ3n) is 3.05. The van der Waals surface area contributed by atoms with Crippen molar-refractivity contribution in [2.75, 3.05) is 12.3 Å². The molecule has 5 heteroatoms.